The molecule has 0 saturated heterocycles. The molecule has 0 unspecified atom stereocenters. The van der Waals surface area contributed by atoms with E-state index in [-0.39, 0.29) is 0 Å². The molecule has 11 aromatic rings. The van der Waals surface area contributed by atoms with Gasteiger partial charge in [0.1, 0.15) is 0 Å². The van der Waals surface area contributed by atoms with Crippen LogP contribution in [0.3, 0.4) is 0 Å². The predicted octanol–water partition coefficient (Wildman–Crippen LogP) is 12.7. The van der Waals surface area contributed by atoms with E-state index in [1.54, 1.807) is 0 Å². The first-order chi connectivity index (χ1) is 27.7. The molecule has 0 fully saturated rings. The minimum atomic E-state index is 0.638. The summed E-state index contributed by atoms with van der Waals surface area (Å²) in [4.78, 5) is 14.8. The fraction of sp³-hybridized carbons (Fsp3) is 0. The zero-order valence-electron chi connectivity index (χ0n) is 30.3. The average Bonchev–Trinajstić information content (AvgIpc) is 3.86. The molecule has 0 aliphatic carbocycles. The van der Waals surface area contributed by atoms with Crippen LogP contribution < -0.4 is 0 Å². The smallest absolute Gasteiger partial charge is 0.164 e. The molecule has 0 aliphatic heterocycles. The van der Waals surface area contributed by atoms with Crippen molar-refractivity contribution in [2.75, 3.05) is 0 Å². The highest BCUT2D eigenvalue weighted by Crippen LogP contribution is 2.38. The summed E-state index contributed by atoms with van der Waals surface area (Å²) in [5.74, 6) is 1.94. The van der Waals surface area contributed by atoms with Crippen molar-refractivity contribution in [3.63, 3.8) is 0 Å². The fourth-order valence-electron chi connectivity index (χ4n) is 8.11. The maximum Gasteiger partial charge on any atom is 0.164 e. The van der Waals surface area contributed by atoms with Crippen LogP contribution in [0.5, 0.6) is 0 Å². The average molecular weight is 716 g/mol. The van der Waals surface area contributed by atoms with E-state index in [1.807, 2.05) is 60.7 Å². The van der Waals surface area contributed by atoms with Crippen molar-refractivity contribution >= 4 is 43.5 Å². The molecule has 262 valence electrons. The van der Waals surface area contributed by atoms with Crippen molar-refractivity contribution in [3.05, 3.63) is 200 Å². The summed E-state index contributed by atoms with van der Waals surface area (Å²) in [5.41, 5.74) is 10.9. The van der Waals surface area contributed by atoms with Gasteiger partial charge >= 0.3 is 0 Å². The number of aromatic nitrogens is 5. The summed E-state index contributed by atoms with van der Waals surface area (Å²) in [7, 11) is 0. The van der Waals surface area contributed by atoms with Crippen molar-refractivity contribution in [1.29, 1.82) is 0 Å². The van der Waals surface area contributed by atoms with Crippen LogP contribution in [0.2, 0.25) is 0 Å². The molecule has 3 heterocycles. The predicted molar refractivity (Wildman–Crippen MR) is 230 cm³/mol. The quantitative estimate of drug-likeness (QED) is 0.172. The maximum absolute atomic E-state index is 4.98. The summed E-state index contributed by atoms with van der Waals surface area (Å²) >= 11 is 0. The molecule has 5 nitrogen and oxygen atoms in total. The zero-order valence-corrected chi connectivity index (χ0v) is 30.3. The van der Waals surface area contributed by atoms with Crippen molar-refractivity contribution in [3.8, 4) is 56.7 Å². The number of hydrogen-bond donors (Lipinski definition) is 0. The Hall–Kier alpha value is -7.63. The zero-order chi connectivity index (χ0) is 37.0. The lowest BCUT2D eigenvalue weighted by Crippen LogP contribution is -2.00. The Morgan fingerprint density at radius 3 is 1.59 bits per heavy atom. The second-order valence-corrected chi connectivity index (χ2v) is 14.1. The molecule has 0 atom stereocenters. The molecule has 3 aromatic heterocycles. The van der Waals surface area contributed by atoms with E-state index in [1.165, 1.54) is 38.0 Å². The summed E-state index contributed by atoms with van der Waals surface area (Å²) in [6.45, 7) is 0. The van der Waals surface area contributed by atoms with Gasteiger partial charge in [0.25, 0.3) is 0 Å². The van der Waals surface area contributed by atoms with Crippen LogP contribution >= 0.6 is 0 Å². The fourth-order valence-corrected chi connectivity index (χ4v) is 8.11. The molecule has 11 rings (SSSR count). The molecule has 5 heteroatoms. The van der Waals surface area contributed by atoms with Crippen LogP contribution in [0.25, 0.3) is 100 Å². The molecular formula is C51H33N5. The third-order valence-electron chi connectivity index (χ3n) is 10.8. The lowest BCUT2D eigenvalue weighted by molar-refractivity contribution is 1.07. The first kappa shape index (κ1) is 31.9. The largest absolute Gasteiger partial charge is 0.317 e. The number of benzene rings is 8. The second-order valence-electron chi connectivity index (χ2n) is 14.1. The van der Waals surface area contributed by atoms with Crippen LogP contribution in [0.15, 0.2) is 200 Å². The lowest BCUT2D eigenvalue weighted by Gasteiger charge is -2.11. The molecule has 0 saturated carbocycles. The molecular weight excluding hydrogens is 683 g/mol. The number of hydrogen-bond acceptors (Lipinski definition) is 3. The highest BCUT2D eigenvalue weighted by molar-refractivity contribution is 6.18. The van der Waals surface area contributed by atoms with Gasteiger partial charge in [-0.1, -0.05) is 133 Å². The van der Waals surface area contributed by atoms with Gasteiger partial charge in [0, 0.05) is 50.4 Å². The Balaban J connectivity index is 1.00. The van der Waals surface area contributed by atoms with Gasteiger partial charge in [-0.25, -0.2) is 15.0 Å². The van der Waals surface area contributed by atoms with Crippen molar-refractivity contribution in [2.45, 2.75) is 0 Å². The summed E-state index contributed by atoms with van der Waals surface area (Å²) in [6, 6.07) is 68.3. The number of fused-ring (bicyclic) bond motifs is 6. The van der Waals surface area contributed by atoms with Crippen LogP contribution in [-0.2, 0) is 0 Å². The Bertz CT molecular complexity index is 3180. The summed E-state index contributed by atoms with van der Waals surface area (Å²) < 4.78 is 4.68. The number of rotatable bonds is 6. The molecule has 0 spiro atoms. The molecule has 56 heavy (non-hydrogen) atoms. The topological polar surface area (TPSA) is 48.5 Å². The monoisotopic (exact) mass is 715 g/mol. The standard InChI is InChI=1S/C51H33N5/c1-4-14-34(15-5-1)49-52-50(35-16-6-2-7-17-35)54-51(53-49)39-20-12-18-36(30-39)37-19-13-23-41(31-37)55-29-28-43-44-33-48-45(32-38(44)26-27-46(43)55)42-24-10-11-25-47(42)56(48)40-21-8-3-9-22-40/h1-33H. The van der Waals surface area contributed by atoms with Gasteiger partial charge in [0.15, 0.2) is 17.5 Å². The summed E-state index contributed by atoms with van der Waals surface area (Å²) in [6.07, 6.45) is 2.19. The number of nitrogens with zero attached hydrogens (tertiary/aromatic N) is 5. The van der Waals surface area contributed by atoms with Gasteiger partial charge in [-0.15, -0.1) is 0 Å². The van der Waals surface area contributed by atoms with Gasteiger partial charge < -0.3 is 9.13 Å². The Morgan fingerprint density at radius 1 is 0.304 bits per heavy atom. The molecule has 0 aliphatic rings. The van der Waals surface area contributed by atoms with Crippen molar-refractivity contribution < 1.29 is 0 Å². The molecule has 8 aromatic carbocycles. The molecule has 0 radical (unpaired) electrons. The number of para-hydroxylation sites is 2. The van der Waals surface area contributed by atoms with Crippen molar-refractivity contribution in [2.24, 2.45) is 0 Å². The molecule has 0 amide bonds. The van der Waals surface area contributed by atoms with Crippen LogP contribution in [0.1, 0.15) is 0 Å². The lowest BCUT2D eigenvalue weighted by atomic mass is 10.0. The van der Waals surface area contributed by atoms with Gasteiger partial charge in [0.05, 0.1) is 16.6 Å². The second kappa shape index (κ2) is 13.0. The van der Waals surface area contributed by atoms with Gasteiger partial charge in [-0.2, -0.15) is 0 Å². The van der Waals surface area contributed by atoms with E-state index < -0.39 is 0 Å². The van der Waals surface area contributed by atoms with E-state index in [0.29, 0.717) is 17.5 Å². The molecule has 0 bridgehead atoms. The van der Waals surface area contributed by atoms with E-state index in [9.17, 15) is 0 Å². The van der Waals surface area contributed by atoms with Crippen LogP contribution in [0.4, 0.5) is 0 Å². The van der Waals surface area contributed by atoms with E-state index >= 15 is 0 Å². The highest BCUT2D eigenvalue weighted by atomic mass is 15.0. The summed E-state index contributed by atoms with van der Waals surface area (Å²) in [5, 5.41) is 6.21. The minimum Gasteiger partial charge on any atom is -0.317 e. The highest BCUT2D eigenvalue weighted by Gasteiger charge is 2.16. The van der Waals surface area contributed by atoms with Gasteiger partial charge in [-0.05, 0) is 82.6 Å². The first-order valence-corrected chi connectivity index (χ1v) is 18.9. The molecule has 0 N–H and O–H groups in total. The third-order valence-corrected chi connectivity index (χ3v) is 10.8. The van der Waals surface area contributed by atoms with Crippen molar-refractivity contribution in [1.82, 2.24) is 24.1 Å². The third kappa shape index (κ3) is 5.37. The van der Waals surface area contributed by atoms with Crippen LogP contribution in [-0.4, -0.2) is 24.1 Å². The Kier molecular flexibility index (Phi) is 7.42. The van der Waals surface area contributed by atoms with Gasteiger partial charge in [0.2, 0.25) is 0 Å². The van der Waals surface area contributed by atoms with E-state index in [0.717, 1.165) is 44.7 Å². The Labute approximate surface area is 323 Å². The Morgan fingerprint density at radius 2 is 0.857 bits per heavy atom. The first-order valence-electron chi connectivity index (χ1n) is 18.9. The van der Waals surface area contributed by atoms with Gasteiger partial charge in [-0.3, -0.25) is 0 Å². The van der Waals surface area contributed by atoms with E-state index in [4.69, 9.17) is 15.0 Å². The maximum atomic E-state index is 4.98. The minimum absolute atomic E-state index is 0.638. The SMILES string of the molecule is c1ccc(-c2nc(-c3ccccc3)nc(-c3cccc(-c4cccc(-n5ccc6c7cc8c(cc7ccc65)c5ccccc5n8-c5ccccc5)c4)c3)n2)cc1. The normalized spacial score (nSPS) is 11.6. The van der Waals surface area contributed by atoms with E-state index in [2.05, 4.69) is 149 Å². The van der Waals surface area contributed by atoms with Crippen LogP contribution in [0, 0.1) is 0 Å².